The Balaban J connectivity index is 1.82. The molecule has 0 spiro atoms. The normalized spacial score (nSPS) is 12.7. The van der Waals surface area contributed by atoms with Gasteiger partial charge in [0.1, 0.15) is 0 Å². The SMILES string of the molecule is CNC(C)Cc1noc(Cc2cccc3cccnc23)n1. The summed E-state index contributed by atoms with van der Waals surface area (Å²) in [5, 5.41) is 8.32. The van der Waals surface area contributed by atoms with Crippen LogP contribution in [0.4, 0.5) is 0 Å². The van der Waals surface area contributed by atoms with Crippen molar-refractivity contribution in [1.29, 1.82) is 0 Å². The molecular formula is C16H18N4O. The molecule has 1 N–H and O–H groups in total. The van der Waals surface area contributed by atoms with Crippen LogP contribution in [0.25, 0.3) is 10.9 Å². The molecule has 0 bridgehead atoms. The van der Waals surface area contributed by atoms with Crippen LogP contribution in [-0.2, 0) is 12.8 Å². The molecule has 1 unspecified atom stereocenters. The van der Waals surface area contributed by atoms with Gasteiger partial charge in [-0.05, 0) is 25.6 Å². The first-order chi connectivity index (χ1) is 10.3. The molecule has 0 aliphatic rings. The lowest BCUT2D eigenvalue weighted by Crippen LogP contribution is -2.24. The highest BCUT2D eigenvalue weighted by Crippen LogP contribution is 2.18. The zero-order valence-corrected chi connectivity index (χ0v) is 12.2. The lowest BCUT2D eigenvalue weighted by Gasteiger charge is -2.04. The second kappa shape index (κ2) is 6.01. The number of hydrogen-bond donors (Lipinski definition) is 1. The average Bonchev–Trinajstić information content (AvgIpc) is 2.94. The molecule has 0 aliphatic heterocycles. The monoisotopic (exact) mass is 282 g/mol. The van der Waals surface area contributed by atoms with Crippen molar-refractivity contribution in [2.24, 2.45) is 0 Å². The molecule has 1 aromatic carbocycles. The highest BCUT2D eigenvalue weighted by Gasteiger charge is 2.11. The summed E-state index contributed by atoms with van der Waals surface area (Å²) in [5.41, 5.74) is 2.09. The van der Waals surface area contributed by atoms with Crippen molar-refractivity contribution in [3.8, 4) is 0 Å². The second-order valence-corrected chi connectivity index (χ2v) is 5.17. The summed E-state index contributed by atoms with van der Waals surface area (Å²) in [6.45, 7) is 2.09. The minimum Gasteiger partial charge on any atom is -0.339 e. The number of rotatable bonds is 5. The number of benzene rings is 1. The molecule has 3 rings (SSSR count). The Morgan fingerprint density at radius 2 is 2.10 bits per heavy atom. The number of pyridine rings is 1. The van der Waals surface area contributed by atoms with E-state index in [4.69, 9.17) is 4.52 Å². The summed E-state index contributed by atoms with van der Waals surface area (Å²) in [7, 11) is 1.92. The third-order valence-corrected chi connectivity index (χ3v) is 3.55. The molecule has 21 heavy (non-hydrogen) atoms. The van der Waals surface area contributed by atoms with E-state index in [1.807, 2.05) is 19.2 Å². The largest absolute Gasteiger partial charge is 0.339 e. The Morgan fingerprint density at radius 3 is 2.95 bits per heavy atom. The van der Waals surface area contributed by atoms with E-state index in [2.05, 4.69) is 45.6 Å². The average molecular weight is 282 g/mol. The van der Waals surface area contributed by atoms with Gasteiger partial charge in [0.05, 0.1) is 11.9 Å². The Bertz CT molecular complexity index is 732. The topological polar surface area (TPSA) is 63.8 Å². The number of aromatic nitrogens is 3. The summed E-state index contributed by atoms with van der Waals surface area (Å²) < 4.78 is 5.35. The fourth-order valence-electron chi connectivity index (χ4n) is 2.29. The van der Waals surface area contributed by atoms with Gasteiger partial charge in [0.2, 0.25) is 5.89 Å². The summed E-state index contributed by atoms with van der Waals surface area (Å²) >= 11 is 0. The van der Waals surface area contributed by atoms with E-state index in [-0.39, 0.29) is 0 Å². The van der Waals surface area contributed by atoms with E-state index in [1.54, 1.807) is 6.20 Å². The van der Waals surface area contributed by atoms with Gasteiger partial charge in [-0.15, -0.1) is 0 Å². The lowest BCUT2D eigenvalue weighted by atomic mass is 10.1. The van der Waals surface area contributed by atoms with Gasteiger partial charge in [0.25, 0.3) is 0 Å². The molecule has 2 heterocycles. The van der Waals surface area contributed by atoms with E-state index >= 15 is 0 Å². The van der Waals surface area contributed by atoms with Gasteiger partial charge in [-0.2, -0.15) is 4.98 Å². The third-order valence-electron chi connectivity index (χ3n) is 3.55. The van der Waals surface area contributed by atoms with Gasteiger partial charge < -0.3 is 9.84 Å². The van der Waals surface area contributed by atoms with Gasteiger partial charge in [-0.1, -0.05) is 29.4 Å². The van der Waals surface area contributed by atoms with E-state index < -0.39 is 0 Å². The first kappa shape index (κ1) is 13.7. The van der Waals surface area contributed by atoms with Crippen LogP contribution in [-0.4, -0.2) is 28.2 Å². The highest BCUT2D eigenvalue weighted by molar-refractivity contribution is 5.81. The molecule has 0 saturated heterocycles. The predicted octanol–water partition coefficient (Wildman–Crippen LogP) is 2.36. The van der Waals surface area contributed by atoms with Crippen LogP contribution < -0.4 is 5.32 Å². The minimum absolute atomic E-state index is 0.328. The fourth-order valence-corrected chi connectivity index (χ4v) is 2.29. The van der Waals surface area contributed by atoms with Crippen LogP contribution in [0.5, 0.6) is 0 Å². The van der Waals surface area contributed by atoms with Gasteiger partial charge >= 0.3 is 0 Å². The van der Waals surface area contributed by atoms with Crippen LogP contribution in [0.15, 0.2) is 41.1 Å². The molecule has 2 aromatic heterocycles. The molecule has 108 valence electrons. The van der Waals surface area contributed by atoms with Gasteiger partial charge in [0.15, 0.2) is 5.82 Å². The maximum Gasteiger partial charge on any atom is 0.231 e. The zero-order valence-electron chi connectivity index (χ0n) is 12.2. The van der Waals surface area contributed by atoms with Gasteiger partial charge in [-0.25, -0.2) is 0 Å². The first-order valence-corrected chi connectivity index (χ1v) is 7.07. The van der Waals surface area contributed by atoms with Crippen LogP contribution in [0.3, 0.4) is 0 Å². The quantitative estimate of drug-likeness (QED) is 0.778. The molecule has 0 saturated carbocycles. The van der Waals surface area contributed by atoms with E-state index in [0.29, 0.717) is 18.4 Å². The van der Waals surface area contributed by atoms with Crippen LogP contribution in [0, 0.1) is 0 Å². The summed E-state index contributed by atoms with van der Waals surface area (Å²) in [6.07, 6.45) is 3.17. The first-order valence-electron chi connectivity index (χ1n) is 7.07. The van der Waals surface area contributed by atoms with Crippen molar-refractivity contribution < 1.29 is 4.52 Å². The molecule has 5 nitrogen and oxygen atoms in total. The standard InChI is InChI=1S/C16H18N4O/c1-11(17-2)9-14-19-15(21-20-14)10-13-6-3-5-12-7-4-8-18-16(12)13/h3-8,11,17H,9-10H2,1-2H3. The Morgan fingerprint density at radius 1 is 1.24 bits per heavy atom. The summed E-state index contributed by atoms with van der Waals surface area (Å²) in [6, 6.07) is 10.5. The van der Waals surface area contributed by atoms with E-state index in [9.17, 15) is 0 Å². The smallest absolute Gasteiger partial charge is 0.231 e. The number of hydrogen-bond acceptors (Lipinski definition) is 5. The number of para-hydroxylation sites is 1. The third kappa shape index (κ3) is 3.08. The molecule has 1 atom stereocenters. The van der Waals surface area contributed by atoms with Crippen molar-refractivity contribution in [3.05, 3.63) is 53.8 Å². The number of nitrogens with one attached hydrogen (secondary N) is 1. The molecule has 5 heteroatoms. The predicted molar refractivity (Wildman–Crippen MR) is 81.1 cm³/mol. The number of fused-ring (bicyclic) bond motifs is 1. The van der Waals surface area contributed by atoms with Crippen LogP contribution in [0.2, 0.25) is 0 Å². The second-order valence-electron chi connectivity index (χ2n) is 5.17. The molecule has 3 aromatic rings. The van der Waals surface area contributed by atoms with Crippen LogP contribution in [0.1, 0.15) is 24.2 Å². The maximum absolute atomic E-state index is 5.35. The van der Waals surface area contributed by atoms with Gasteiger partial charge in [0, 0.05) is 24.0 Å². The van der Waals surface area contributed by atoms with Gasteiger partial charge in [-0.3, -0.25) is 4.98 Å². The lowest BCUT2D eigenvalue weighted by molar-refractivity contribution is 0.377. The van der Waals surface area contributed by atoms with Crippen molar-refractivity contribution in [3.63, 3.8) is 0 Å². The molecular weight excluding hydrogens is 264 g/mol. The van der Waals surface area contributed by atoms with E-state index in [1.165, 1.54) is 0 Å². The highest BCUT2D eigenvalue weighted by atomic mass is 16.5. The molecule has 0 fully saturated rings. The Labute approximate surface area is 123 Å². The molecule has 0 amide bonds. The number of likely N-dealkylation sites (N-methyl/N-ethyl adjacent to an activating group) is 1. The minimum atomic E-state index is 0.328. The van der Waals surface area contributed by atoms with Crippen molar-refractivity contribution >= 4 is 10.9 Å². The Kier molecular flexibility index (Phi) is 3.92. The molecule has 0 aliphatic carbocycles. The van der Waals surface area contributed by atoms with Crippen molar-refractivity contribution in [1.82, 2.24) is 20.4 Å². The summed E-state index contributed by atoms with van der Waals surface area (Å²) in [5.74, 6) is 1.37. The van der Waals surface area contributed by atoms with Crippen molar-refractivity contribution in [2.45, 2.75) is 25.8 Å². The summed E-state index contributed by atoms with van der Waals surface area (Å²) in [4.78, 5) is 8.90. The maximum atomic E-state index is 5.35. The Hall–Kier alpha value is -2.27. The van der Waals surface area contributed by atoms with E-state index in [0.717, 1.165) is 28.7 Å². The van der Waals surface area contributed by atoms with Crippen LogP contribution >= 0.6 is 0 Å². The molecule has 0 radical (unpaired) electrons. The fraction of sp³-hybridized carbons (Fsp3) is 0.312. The number of nitrogens with zero attached hydrogens (tertiary/aromatic N) is 3. The van der Waals surface area contributed by atoms with Crippen molar-refractivity contribution in [2.75, 3.05) is 7.05 Å². The zero-order chi connectivity index (χ0) is 14.7.